The molecule has 0 bridgehead atoms. The number of likely N-dealkylation sites (tertiary alicyclic amines) is 1. The number of benzene rings is 1. The average Bonchev–Trinajstić information content (AvgIpc) is 2.68. The van der Waals surface area contributed by atoms with E-state index in [4.69, 9.17) is 0 Å². The van der Waals surface area contributed by atoms with Gasteiger partial charge in [0.15, 0.2) is 5.96 Å². The molecule has 0 radical (unpaired) electrons. The highest BCUT2D eigenvalue weighted by molar-refractivity contribution is 5.94. The summed E-state index contributed by atoms with van der Waals surface area (Å²) in [5.41, 5.74) is 1.89. The Morgan fingerprint density at radius 3 is 2.67 bits per heavy atom. The minimum Gasteiger partial charge on any atom is -0.356 e. The smallest absolute Gasteiger partial charge is 0.253 e. The van der Waals surface area contributed by atoms with Crippen LogP contribution in [0.5, 0.6) is 0 Å². The molecule has 0 unspecified atom stereocenters. The zero-order chi connectivity index (χ0) is 19.6. The molecule has 1 amide bonds. The van der Waals surface area contributed by atoms with Crippen LogP contribution in [0.4, 0.5) is 0 Å². The van der Waals surface area contributed by atoms with E-state index in [-0.39, 0.29) is 5.91 Å². The first-order valence-corrected chi connectivity index (χ1v) is 10.0. The van der Waals surface area contributed by atoms with Crippen molar-refractivity contribution in [1.82, 2.24) is 20.4 Å². The molecule has 6 nitrogen and oxygen atoms in total. The summed E-state index contributed by atoms with van der Waals surface area (Å²) in [5.74, 6) is 0.904. The van der Waals surface area contributed by atoms with Gasteiger partial charge in [0.05, 0.1) is 0 Å². The third kappa shape index (κ3) is 6.86. The molecule has 27 heavy (non-hydrogen) atoms. The Morgan fingerprint density at radius 1 is 1.30 bits per heavy atom. The second kappa shape index (κ2) is 10.9. The topological polar surface area (TPSA) is 60.0 Å². The molecule has 2 N–H and O–H groups in total. The largest absolute Gasteiger partial charge is 0.356 e. The molecule has 2 rings (SSSR count). The molecular formula is C21H35N5O. The maximum absolute atomic E-state index is 12.1. The van der Waals surface area contributed by atoms with Crippen LogP contribution in [-0.2, 0) is 6.42 Å². The van der Waals surface area contributed by atoms with Gasteiger partial charge in [0.25, 0.3) is 5.91 Å². The van der Waals surface area contributed by atoms with Crippen molar-refractivity contribution in [1.29, 1.82) is 0 Å². The van der Waals surface area contributed by atoms with Gasteiger partial charge in [0.2, 0.25) is 0 Å². The normalized spacial score (nSPS) is 16.2. The van der Waals surface area contributed by atoms with Crippen LogP contribution < -0.4 is 10.6 Å². The molecule has 1 aromatic carbocycles. The summed E-state index contributed by atoms with van der Waals surface area (Å²) in [6.45, 7) is 6.55. The van der Waals surface area contributed by atoms with Crippen molar-refractivity contribution in [3.63, 3.8) is 0 Å². The summed E-state index contributed by atoms with van der Waals surface area (Å²) < 4.78 is 0. The lowest BCUT2D eigenvalue weighted by atomic mass is 10.1. The van der Waals surface area contributed by atoms with Gasteiger partial charge in [0, 0.05) is 52.4 Å². The first kappa shape index (κ1) is 21.2. The summed E-state index contributed by atoms with van der Waals surface area (Å²) in [7, 11) is 5.37. The standard InChI is InChI=1S/C21H35N5O/c1-5-13-26-14-10-19(11-15-26)24-21(22-2)23-12-9-17-7-6-8-18(16-17)20(27)25(3)4/h6-8,16,19H,5,9-15H2,1-4H3,(H2,22,23,24). The Bertz CT molecular complexity index is 621. The molecule has 0 aliphatic carbocycles. The number of guanidine groups is 1. The second-order valence-corrected chi connectivity index (χ2v) is 7.41. The lowest BCUT2D eigenvalue weighted by molar-refractivity contribution is 0.0827. The first-order chi connectivity index (χ1) is 13.0. The first-order valence-electron chi connectivity index (χ1n) is 10.0. The molecular weight excluding hydrogens is 338 g/mol. The molecule has 0 atom stereocenters. The van der Waals surface area contributed by atoms with E-state index in [1.807, 2.05) is 25.2 Å². The van der Waals surface area contributed by atoms with Crippen LogP contribution in [0.25, 0.3) is 0 Å². The molecule has 1 aliphatic rings. The quantitative estimate of drug-likeness (QED) is 0.567. The molecule has 1 aromatic rings. The highest BCUT2D eigenvalue weighted by Gasteiger charge is 2.19. The van der Waals surface area contributed by atoms with Crippen molar-refractivity contribution in [2.24, 2.45) is 4.99 Å². The van der Waals surface area contributed by atoms with Gasteiger partial charge in [-0.15, -0.1) is 0 Å². The number of amides is 1. The number of nitrogens with one attached hydrogen (secondary N) is 2. The zero-order valence-corrected chi connectivity index (χ0v) is 17.3. The third-order valence-corrected chi connectivity index (χ3v) is 4.98. The number of carbonyl (C=O) groups excluding carboxylic acids is 1. The van der Waals surface area contributed by atoms with E-state index < -0.39 is 0 Å². The van der Waals surface area contributed by atoms with Crippen molar-refractivity contribution in [2.45, 2.75) is 38.6 Å². The minimum atomic E-state index is 0.0386. The van der Waals surface area contributed by atoms with Crippen LogP contribution in [0.1, 0.15) is 42.1 Å². The van der Waals surface area contributed by atoms with Crippen molar-refractivity contribution in [3.8, 4) is 0 Å². The molecule has 1 fully saturated rings. The van der Waals surface area contributed by atoms with Crippen molar-refractivity contribution >= 4 is 11.9 Å². The molecule has 6 heteroatoms. The lowest BCUT2D eigenvalue weighted by Gasteiger charge is -2.32. The number of aliphatic imine (C=N–C) groups is 1. The Balaban J connectivity index is 1.77. The van der Waals surface area contributed by atoms with Gasteiger partial charge >= 0.3 is 0 Å². The Hall–Kier alpha value is -2.08. The van der Waals surface area contributed by atoms with Crippen LogP contribution in [-0.4, -0.2) is 75.0 Å². The summed E-state index contributed by atoms with van der Waals surface area (Å²) >= 11 is 0. The van der Waals surface area contributed by atoms with Gasteiger partial charge in [-0.05, 0) is 49.9 Å². The Morgan fingerprint density at radius 2 is 2.04 bits per heavy atom. The van der Waals surface area contributed by atoms with E-state index >= 15 is 0 Å². The van der Waals surface area contributed by atoms with Gasteiger partial charge < -0.3 is 20.4 Å². The molecule has 0 spiro atoms. The van der Waals surface area contributed by atoms with Crippen LogP contribution in [0.15, 0.2) is 29.3 Å². The van der Waals surface area contributed by atoms with Gasteiger partial charge in [0.1, 0.15) is 0 Å². The Labute approximate surface area is 164 Å². The van der Waals surface area contributed by atoms with E-state index in [0.717, 1.165) is 56.0 Å². The molecule has 0 aromatic heterocycles. The van der Waals surface area contributed by atoms with Crippen molar-refractivity contribution < 1.29 is 4.79 Å². The van der Waals surface area contributed by atoms with Gasteiger partial charge in [-0.3, -0.25) is 9.79 Å². The van der Waals surface area contributed by atoms with Gasteiger partial charge in [-0.2, -0.15) is 0 Å². The van der Waals surface area contributed by atoms with Crippen LogP contribution in [0.3, 0.4) is 0 Å². The number of carbonyl (C=O) groups is 1. The number of piperidine rings is 1. The third-order valence-electron chi connectivity index (χ3n) is 4.98. The maximum Gasteiger partial charge on any atom is 0.253 e. The summed E-state index contributed by atoms with van der Waals surface area (Å²) in [6.07, 6.45) is 4.40. The average molecular weight is 374 g/mol. The number of rotatable bonds is 7. The van der Waals surface area contributed by atoms with E-state index in [2.05, 4.69) is 33.5 Å². The Kier molecular flexibility index (Phi) is 8.58. The number of hydrogen-bond donors (Lipinski definition) is 2. The van der Waals surface area contributed by atoms with E-state index in [9.17, 15) is 4.79 Å². The van der Waals surface area contributed by atoms with Gasteiger partial charge in [-0.1, -0.05) is 19.1 Å². The molecule has 0 saturated carbocycles. The lowest BCUT2D eigenvalue weighted by Crippen LogP contribution is -2.49. The fraction of sp³-hybridized carbons (Fsp3) is 0.619. The highest BCUT2D eigenvalue weighted by atomic mass is 16.2. The van der Waals surface area contributed by atoms with Crippen molar-refractivity contribution in [3.05, 3.63) is 35.4 Å². The molecule has 1 heterocycles. The van der Waals surface area contributed by atoms with Crippen LogP contribution >= 0.6 is 0 Å². The second-order valence-electron chi connectivity index (χ2n) is 7.41. The number of hydrogen-bond acceptors (Lipinski definition) is 3. The summed E-state index contributed by atoms with van der Waals surface area (Å²) in [4.78, 5) is 20.6. The predicted molar refractivity (Wildman–Crippen MR) is 112 cm³/mol. The van der Waals surface area contributed by atoms with Crippen LogP contribution in [0.2, 0.25) is 0 Å². The van der Waals surface area contributed by atoms with Crippen molar-refractivity contribution in [2.75, 3.05) is 47.3 Å². The summed E-state index contributed by atoms with van der Waals surface area (Å²) in [6, 6.07) is 8.34. The monoisotopic (exact) mass is 373 g/mol. The SMILES string of the molecule is CCCN1CCC(NC(=NC)NCCc2cccc(C(=O)N(C)C)c2)CC1. The zero-order valence-electron chi connectivity index (χ0n) is 17.3. The number of nitrogens with zero attached hydrogens (tertiary/aromatic N) is 3. The van der Waals surface area contributed by atoms with Crippen LogP contribution in [0, 0.1) is 0 Å². The molecule has 1 aliphatic heterocycles. The summed E-state index contributed by atoms with van der Waals surface area (Å²) in [5, 5.41) is 6.95. The van der Waals surface area contributed by atoms with E-state index in [1.165, 1.54) is 13.0 Å². The van der Waals surface area contributed by atoms with E-state index in [1.54, 1.807) is 19.0 Å². The minimum absolute atomic E-state index is 0.0386. The maximum atomic E-state index is 12.1. The molecule has 150 valence electrons. The van der Waals surface area contributed by atoms with Gasteiger partial charge in [-0.25, -0.2) is 0 Å². The van der Waals surface area contributed by atoms with E-state index in [0.29, 0.717) is 6.04 Å². The molecule has 1 saturated heterocycles. The fourth-order valence-corrected chi connectivity index (χ4v) is 3.45. The predicted octanol–water partition coefficient (Wildman–Crippen LogP) is 1.97. The fourth-order valence-electron chi connectivity index (χ4n) is 3.45. The highest BCUT2D eigenvalue weighted by Crippen LogP contribution is 2.11.